The molecule has 1 heterocycles. The molecule has 1 saturated heterocycles. The summed E-state index contributed by atoms with van der Waals surface area (Å²) >= 11 is 0. The van der Waals surface area contributed by atoms with E-state index in [9.17, 15) is 4.79 Å². The molecular formula is C22H28N2O4. The third kappa shape index (κ3) is 5.97. The molecule has 0 atom stereocenters. The van der Waals surface area contributed by atoms with Gasteiger partial charge in [0.15, 0.2) is 18.1 Å². The molecule has 0 aliphatic carbocycles. The van der Waals surface area contributed by atoms with Crippen LogP contribution in [-0.2, 0) is 22.6 Å². The molecule has 1 aliphatic rings. The van der Waals surface area contributed by atoms with Gasteiger partial charge < -0.3 is 19.5 Å². The Kier molecular flexibility index (Phi) is 7.70. The minimum atomic E-state index is -0.160. The topological polar surface area (TPSA) is 60.0 Å². The van der Waals surface area contributed by atoms with Crippen LogP contribution >= 0.6 is 0 Å². The normalized spacial score (nSPS) is 14.5. The van der Waals surface area contributed by atoms with Gasteiger partial charge in [-0.05, 0) is 30.2 Å². The van der Waals surface area contributed by atoms with Gasteiger partial charge >= 0.3 is 0 Å². The lowest BCUT2D eigenvalue weighted by atomic mass is 10.1. The summed E-state index contributed by atoms with van der Waals surface area (Å²) < 4.78 is 16.6. The molecule has 3 rings (SSSR count). The van der Waals surface area contributed by atoms with Crippen molar-refractivity contribution >= 4 is 5.91 Å². The molecule has 6 heteroatoms. The van der Waals surface area contributed by atoms with Gasteiger partial charge in [-0.2, -0.15) is 0 Å². The molecule has 1 fully saturated rings. The molecule has 0 radical (unpaired) electrons. The zero-order valence-electron chi connectivity index (χ0n) is 16.4. The van der Waals surface area contributed by atoms with E-state index < -0.39 is 0 Å². The molecule has 1 amide bonds. The Morgan fingerprint density at radius 1 is 1.00 bits per heavy atom. The summed E-state index contributed by atoms with van der Waals surface area (Å²) in [6.07, 6.45) is 0. The summed E-state index contributed by atoms with van der Waals surface area (Å²) in [6, 6.07) is 15.6. The molecule has 6 nitrogen and oxygen atoms in total. The van der Waals surface area contributed by atoms with Crippen LogP contribution in [0.3, 0.4) is 0 Å². The lowest BCUT2D eigenvalue weighted by molar-refractivity contribution is -0.123. The number of ether oxygens (including phenoxy) is 3. The van der Waals surface area contributed by atoms with E-state index in [0.29, 0.717) is 24.7 Å². The van der Waals surface area contributed by atoms with Crippen LogP contribution in [0.1, 0.15) is 18.1 Å². The van der Waals surface area contributed by atoms with Gasteiger partial charge in [-0.3, -0.25) is 9.69 Å². The highest BCUT2D eigenvalue weighted by molar-refractivity contribution is 5.77. The van der Waals surface area contributed by atoms with E-state index in [0.717, 1.165) is 38.4 Å². The van der Waals surface area contributed by atoms with Gasteiger partial charge in [0.05, 0.1) is 19.8 Å². The van der Waals surface area contributed by atoms with Crippen LogP contribution in [0.4, 0.5) is 0 Å². The van der Waals surface area contributed by atoms with Crippen molar-refractivity contribution in [3.63, 3.8) is 0 Å². The van der Waals surface area contributed by atoms with E-state index in [1.807, 2.05) is 37.3 Å². The van der Waals surface area contributed by atoms with Gasteiger partial charge in [0, 0.05) is 26.2 Å². The maximum atomic E-state index is 12.3. The number of morpholine rings is 1. The number of amides is 1. The van der Waals surface area contributed by atoms with Crippen molar-refractivity contribution in [1.82, 2.24) is 10.2 Å². The van der Waals surface area contributed by atoms with E-state index in [4.69, 9.17) is 14.2 Å². The van der Waals surface area contributed by atoms with Crippen molar-refractivity contribution in [2.24, 2.45) is 0 Å². The summed E-state index contributed by atoms with van der Waals surface area (Å²) in [7, 11) is 0. The van der Waals surface area contributed by atoms with Crippen molar-refractivity contribution in [2.45, 2.75) is 20.0 Å². The minimum absolute atomic E-state index is 0.0459. The van der Waals surface area contributed by atoms with Gasteiger partial charge in [0.1, 0.15) is 0 Å². The SMILES string of the molecule is CCOc1ccccc1OCC(=O)NCc1ccccc1CN1CCOCC1. The first-order valence-electron chi connectivity index (χ1n) is 9.74. The molecule has 0 unspecified atom stereocenters. The van der Waals surface area contributed by atoms with E-state index in [2.05, 4.69) is 22.3 Å². The molecule has 2 aromatic carbocycles. The van der Waals surface area contributed by atoms with E-state index in [1.165, 1.54) is 5.56 Å². The maximum absolute atomic E-state index is 12.3. The highest BCUT2D eigenvalue weighted by Crippen LogP contribution is 2.26. The lowest BCUT2D eigenvalue weighted by Gasteiger charge is -2.27. The van der Waals surface area contributed by atoms with Crippen LogP contribution in [0.15, 0.2) is 48.5 Å². The summed E-state index contributed by atoms with van der Waals surface area (Å²) in [5.41, 5.74) is 2.35. The zero-order valence-corrected chi connectivity index (χ0v) is 16.4. The van der Waals surface area contributed by atoms with Crippen LogP contribution in [0.5, 0.6) is 11.5 Å². The van der Waals surface area contributed by atoms with Gasteiger partial charge in [-0.25, -0.2) is 0 Å². The Morgan fingerprint density at radius 2 is 1.64 bits per heavy atom. The van der Waals surface area contributed by atoms with Crippen molar-refractivity contribution in [2.75, 3.05) is 39.5 Å². The number of hydrogen-bond acceptors (Lipinski definition) is 5. The number of nitrogens with one attached hydrogen (secondary N) is 1. The van der Waals surface area contributed by atoms with Crippen molar-refractivity contribution in [3.8, 4) is 11.5 Å². The van der Waals surface area contributed by atoms with Gasteiger partial charge in [-0.1, -0.05) is 36.4 Å². The van der Waals surface area contributed by atoms with Gasteiger partial charge in [0.25, 0.3) is 5.91 Å². The van der Waals surface area contributed by atoms with Crippen LogP contribution < -0.4 is 14.8 Å². The summed E-state index contributed by atoms with van der Waals surface area (Å²) in [4.78, 5) is 14.6. The Labute approximate surface area is 166 Å². The second-order valence-electron chi connectivity index (χ2n) is 6.60. The average Bonchev–Trinajstić information content (AvgIpc) is 2.73. The molecule has 0 saturated carbocycles. The second kappa shape index (κ2) is 10.7. The fourth-order valence-corrected chi connectivity index (χ4v) is 3.12. The van der Waals surface area contributed by atoms with Crippen molar-refractivity contribution in [3.05, 3.63) is 59.7 Å². The minimum Gasteiger partial charge on any atom is -0.490 e. The van der Waals surface area contributed by atoms with Crippen LogP contribution in [0, 0.1) is 0 Å². The number of benzene rings is 2. The lowest BCUT2D eigenvalue weighted by Crippen LogP contribution is -2.36. The smallest absolute Gasteiger partial charge is 0.258 e. The predicted octanol–water partition coefficient (Wildman–Crippen LogP) is 2.61. The summed E-state index contributed by atoms with van der Waals surface area (Å²) in [5, 5.41) is 2.95. The van der Waals surface area contributed by atoms with Gasteiger partial charge in [0.2, 0.25) is 0 Å². The average molecular weight is 384 g/mol. The molecule has 1 N–H and O–H groups in total. The first kappa shape index (κ1) is 20.2. The molecule has 28 heavy (non-hydrogen) atoms. The van der Waals surface area contributed by atoms with E-state index in [1.54, 1.807) is 6.07 Å². The van der Waals surface area contributed by atoms with Crippen LogP contribution in [0.2, 0.25) is 0 Å². The molecular weight excluding hydrogens is 356 g/mol. The number of nitrogens with zero attached hydrogens (tertiary/aromatic N) is 1. The first-order chi connectivity index (χ1) is 13.8. The third-order valence-electron chi connectivity index (χ3n) is 4.60. The van der Waals surface area contributed by atoms with E-state index >= 15 is 0 Å². The zero-order chi connectivity index (χ0) is 19.6. The Morgan fingerprint density at radius 3 is 2.36 bits per heavy atom. The standard InChI is InChI=1S/C22H28N2O4/c1-2-27-20-9-5-6-10-21(20)28-17-22(25)23-15-18-7-3-4-8-19(18)16-24-11-13-26-14-12-24/h3-10H,2,11-17H2,1H3,(H,23,25). The number of para-hydroxylation sites is 2. The number of rotatable bonds is 9. The molecule has 150 valence electrons. The van der Waals surface area contributed by atoms with Crippen LogP contribution in [-0.4, -0.2) is 50.3 Å². The number of carbonyl (C=O) groups excluding carboxylic acids is 1. The van der Waals surface area contributed by atoms with Crippen molar-refractivity contribution < 1.29 is 19.0 Å². The van der Waals surface area contributed by atoms with Crippen molar-refractivity contribution in [1.29, 1.82) is 0 Å². The maximum Gasteiger partial charge on any atom is 0.258 e. The number of hydrogen-bond donors (Lipinski definition) is 1. The quantitative estimate of drug-likeness (QED) is 0.720. The van der Waals surface area contributed by atoms with Gasteiger partial charge in [-0.15, -0.1) is 0 Å². The largest absolute Gasteiger partial charge is 0.490 e. The summed E-state index contributed by atoms with van der Waals surface area (Å²) in [6.45, 7) is 7.20. The highest BCUT2D eigenvalue weighted by atomic mass is 16.5. The van der Waals surface area contributed by atoms with E-state index in [-0.39, 0.29) is 12.5 Å². The van der Waals surface area contributed by atoms with Crippen LogP contribution in [0.25, 0.3) is 0 Å². The fraction of sp³-hybridized carbons (Fsp3) is 0.409. The molecule has 2 aromatic rings. The monoisotopic (exact) mass is 384 g/mol. The molecule has 1 aliphatic heterocycles. The highest BCUT2D eigenvalue weighted by Gasteiger charge is 2.13. The fourth-order valence-electron chi connectivity index (χ4n) is 3.12. The number of carbonyl (C=O) groups is 1. The molecule has 0 bridgehead atoms. The first-order valence-corrected chi connectivity index (χ1v) is 9.74. The third-order valence-corrected chi connectivity index (χ3v) is 4.60. The Balaban J connectivity index is 1.51. The second-order valence-corrected chi connectivity index (χ2v) is 6.60. The predicted molar refractivity (Wildman–Crippen MR) is 107 cm³/mol. The Bertz CT molecular complexity index is 760. The Hall–Kier alpha value is -2.57. The summed E-state index contributed by atoms with van der Waals surface area (Å²) in [5.74, 6) is 1.06. The molecule has 0 aromatic heterocycles. The molecule has 0 spiro atoms.